The molecular weight excluding hydrogens is 373 g/mol. The van der Waals surface area contributed by atoms with Crippen LogP contribution in [0.4, 0.5) is 16.2 Å². The molecule has 148 valence electrons. The van der Waals surface area contributed by atoms with E-state index in [9.17, 15) is 9.18 Å². The van der Waals surface area contributed by atoms with Crippen LogP contribution in [0.5, 0.6) is 0 Å². The number of anilines is 2. The molecule has 4 rings (SSSR count). The lowest BCUT2D eigenvalue weighted by Crippen LogP contribution is -2.47. The summed E-state index contributed by atoms with van der Waals surface area (Å²) in [7, 11) is 0. The van der Waals surface area contributed by atoms with Crippen molar-refractivity contribution in [2.45, 2.75) is 6.54 Å². The van der Waals surface area contributed by atoms with Crippen molar-refractivity contribution in [3.05, 3.63) is 71.9 Å². The fourth-order valence-corrected chi connectivity index (χ4v) is 3.11. The fourth-order valence-electron chi connectivity index (χ4n) is 3.11. The van der Waals surface area contributed by atoms with E-state index in [1.54, 1.807) is 48.8 Å². The van der Waals surface area contributed by atoms with Crippen LogP contribution in [-0.4, -0.2) is 52.3 Å². The molecule has 1 amide bonds. The van der Waals surface area contributed by atoms with Gasteiger partial charge in [-0.2, -0.15) is 0 Å². The molecule has 3 aromatic rings. The lowest BCUT2D eigenvalue weighted by Gasteiger charge is -2.35. The molecule has 1 aliphatic heterocycles. The summed E-state index contributed by atoms with van der Waals surface area (Å²) in [4.78, 5) is 25.0. The maximum absolute atomic E-state index is 13.6. The van der Waals surface area contributed by atoms with Crippen molar-refractivity contribution in [3.63, 3.8) is 0 Å². The highest BCUT2D eigenvalue weighted by atomic mass is 19.1. The first-order chi connectivity index (χ1) is 14.2. The van der Waals surface area contributed by atoms with E-state index in [-0.39, 0.29) is 18.1 Å². The number of rotatable bonds is 5. The number of hydrogen-bond donors (Lipinski definition) is 1. The van der Waals surface area contributed by atoms with E-state index in [0.29, 0.717) is 11.4 Å². The zero-order valence-corrected chi connectivity index (χ0v) is 15.7. The van der Waals surface area contributed by atoms with E-state index >= 15 is 0 Å². The molecule has 1 saturated heterocycles. The molecule has 3 heterocycles. The maximum atomic E-state index is 13.6. The van der Waals surface area contributed by atoms with Gasteiger partial charge in [0.1, 0.15) is 5.82 Å². The molecular formula is C20H20FN7O. The van der Waals surface area contributed by atoms with Crippen LogP contribution in [0.2, 0.25) is 0 Å². The minimum Gasteiger partial charge on any atom is -0.352 e. The standard InChI is InChI=1S/C20H20FN7O/c21-16-5-2-1-4-15(16)14-24-19(29)17-6-7-18(26-25-17)27-10-12-28(13-11-27)20-22-8-3-9-23-20/h1-9H,10-14H2,(H,24,29). The van der Waals surface area contributed by atoms with Crippen molar-refractivity contribution in [3.8, 4) is 0 Å². The number of carbonyl (C=O) groups excluding carboxylic acids is 1. The third-order valence-electron chi connectivity index (χ3n) is 4.72. The Bertz CT molecular complexity index is 960. The van der Waals surface area contributed by atoms with Gasteiger partial charge in [0, 0.05) is 50.7 Å². The molecule has 0 unspecified atom stereocenters. The summed E-state index contributed by atoms with van der Waals surface area (Å²) in [5, 5.41) is 10.9. The smallest absolute Gasteiger partial charge is 0.272 e. The van der Waals surface area contributed by atoms with Gasteiger partial charge in [0.2, 0.25) is 5.95 Å². The summed E-state index contributed by atoms with van der Waals surface area (Å²) < 4.78 is 13.6. The predicted molar refractivity (Wildman–Crippen MR) is 106 cm³/mol. The van der Waals surface area contributed by atoms with Gasteiger partial charge in [-0.05, 0) is 24.3 Å². The second-order valence-electron chi connectivity index (χ2n) is 6.57. The molecule has 0 saturated carbocycles. The SMILES string of the molecule is O=C(NCc1ccccc1F)c1ccc(N2CCN(c3ncccn3)CC2)nn1. The monoisotopic (exact) mass is 393 g/mol. The Hall–Kier alpha value is -3.62. The molecule has 8 nitrogen and oxygen atoms in total. The third kappa shape index (κ3) is 4.45. The molecule has 1 N–H and O–H groups in total. The van der Waals surface area contributed by atoms with Crippen molar-refractivity contribution in [2.75, 3.05) is 36.0 Å². The summed E-state index contributed by atoms with van der Waals surface area (Å²) in [6, 6.07) is 11.5. The normalized spacial score (nSPS) is 14.0. The number of halogens is 1. The highest BCUT2D eigenvalue weighted by Crippen LogP contribution is 2.15. The topological polar surface area (TPSA) is 87.1 Å². The van der Waals surface area contributed by atoms with Crippen molar-refractivity contribution in [1.29, 1.82) is 0 Å². The lowest BCUT2D eigenvalue weighted by molar-refractivity contribution is 0.0944. The summed E-state index contributed by atoms with van der Waals surface area (Å²) in [5.74, 6) is 0.692. The van der Waals surface area contributed by atoms with Crippen molar-refractivity contribution in [2.24, 2.45) is 0 Å². The first-order valence-corrected chi connectivity index (χ1v) is 9.33. The molecule has 0 radical (unpaired) electrons. The summed E-state index contributed by atoms with van der Waals surface area (Å²) in [6.45, 7) is 3.16. The van der Waals surface area contributed by atoms with Gasteiger partial charge >= 0.3 is 0 Å². The average Bonchev–Trinajstić information content (AvgIpc) is 2.79. The first-order valence-electron chi connectivity index (χ1n) is 9.33. The van der Waals surface area contributed by atoms with E-state index in [1.165, 1.54) is 6.07 Å². The van der Waals surface area contributed by atoms with Crippen LogP contribution in [0.15, 0.2) is 54.9 Å². The van der Waals surface area contributed by atoms with E-state index in [0.717, 1.165) is 32.1 Å². The Morgan fingerprint density at radius 1 is 0.931 bits per heavy atom. The number of nitrogens with one attached hydrogen (secondary N) is 1. The molecule has 1 aromatic carbocycles. The van der Waals surface area contributed by atoms with Crippen LogP contribution in [-0.2, 0) is 6.54 Å². The van der Waals surface area contributed by atoms with Crippen molar-refractivity contribution in [1.82, 2.24) is 25.5 Å². The Labute approximate surface area is 167 Å². The van der Waals surface area contributed by atoms with E-state index in [1.807, 2.05) is 0 Å². The van der Waals surface area contributed by atoms with Crippen LogP contribution < -0.4 is 15.1 Å². The van der Waals surface area contributed by atoms with Gasteiger partial charge in [0.15, 0.2) is 11.5 Å². The van der Waals surface area contributed by atoms with Gasteiger partial charge in [0.25, 0.3) is 5.91 Å². The fraction of sp³-hybridized carbons (Fsp3) is 0.250. The molecule has 1 aliphatic rings. The maximum Gasteiger partial charge on any atom is 0.272 e. The number of piperazine rings is 1. The Kier molecular flexibility index (Phi) is 5.55. The van der Waals surface area contributed by atoms with Gasteiger partial charge in [-0.1, -0.05) is 18.2 Å². The molecule has 1 fully saturated rings. The zero-order valence-electron chi connectivity index (χ0n) is 15.7. The number of benzene rings is 1. The van der Waals surface area contributed by atoms with Crippen LogP contribution in [0, 0.1) is 5.82 Å². The van der Waals surface area contributed by atoms with Gasteiger partial charge in [-0.3, -0.25) is 4.79 Å². The molecule has 9 heteroatoms. The molecule has 0 atom stereocenters. The largest absolute Gasteiger partial charge is 0.352 e. The van der Waals surface area contributed by atoms with E-state index < -0.39 is 5.91 Å². The van der Waals surface area contributed by atoms with Crippen LogP contribution in [0.1, 0.15) is 16.1 Å². The Balaban J connectivity index is 1.32. The molecule has 29 heavy (non-hydrogen) atoms. The number of amides is 1. The highest BCUT2D eigenvalue weighted by Gasteiger charge is 2.20. The molecule has 2 aromatic heterocycles. The third-order valence-corrected chi connectivity index (χ3v) is 4.72. The van der Waals surface area contributed by atoms with Crippen molar-refractivity contribution < 1.29 is 9.18 Å². The Morgan fingerprint density at radius 2 is 1.66 bits per heavy atom. The number of nitrogens with zero attached hydrogens (tertiary/aromatic N) is 6. The number of hydrogen-bond acceptors (Lipinski definition) is 7. The summed E-state index contributed by atoms with van der Waals surface area (Å²) in [6.07, 6.45) is 3.46. The zero-order chi connectivity index (χ0) is 20.1. The number of carbonyl (C=O) groups is 1. The van der Waals surface area contributed by atoms with Crippen LogP contribution >= 0.6 is 0 Å². The lowest BCUT2D eigenvalue weighted by atomic mass is 10.2. The van der Waals surface area contributed by atoms with E-state index in [4.69, 9.17) is 0 Å². The molecule has 0 aliphatic carbocycles. The highest BCUT2D eigenvalue weighted by molar-refractivity contribution is 5.92. The molecule has 0 spiro atoms. The first kappa shape index (κ1) is 18.7. The van der Waals surface area contributed by atoms with Gasteiger partial charge in [-0.25, -0.2) is 14.4 Å². The average molecular weight is 393 g/mol. The summed E-state index contributed by atoms with van der Waals surface area (Å²) in [5.41, 5.74) is 0.618. The predicted octanol–water partition coefficient (Wildman–Crippen LogP) is 1.66. The van der Waals surface area contributed by atoms with Gasteiger partial charge < -0.3 is 15.1 Å². The minimum absolute atomic E-state index is 0.0957. The van der Waals surface area contributed by atoms with Gasteiger partial charge in [-0.15, -0.1) is 10.2 Å². The minimum atomic E-state index is -0.390. The summed E-state index contributed by atoms with van der Waals surface area (Å²) >= 11 is 0. The van der Waals surface area contributed by atoms with E-state index in [2.05, 4.69) is 35.3 Å². The van der Waals surface area contributed by atoms with Crippen LogP contribution in [0.3, 0.4) is 0 Å². The Morgan fingerprint density at radius 3 is 2.34 bits per heavy atom. The van der Waals surface area contributed by atoms with Crippen LogP contribution in [0.25, 0.3) is 0 Å². The second kappa shape index (κ2) is 8.59. The quantitative estimate of drug-likeness (QED) is 0.705. The molecule has 0 bridgehead atoms. The number of aromatic nitrogens is 4. The van der Waals surface area contributed by atoms with Gasteiger partial charge in [0.05, 0.1) is 0 Å². The second-order valence-corrected chi connectivity index (χ2v) is 6.57. The van der Waals surface area contributed by atoms with Crippen molar-refractivity contribution >= 4 is 17.7 Å².